The van der Waals surface area contributed by atoms with Crippen molar-refractivity contribution in [1.82, 2.24) is 0 Å². The van der Waals surface area contributed by atoms with Crippen LogP contribution in [0.3, 0.4) is 0 Å². The van der Waals surface area contributed by atoms with Crippen LogP contribution in [0.15, 0.2) is 66.2 Å². The van der Waals surface area contributed by atoms with Gasteiger partial charge in [-0.1, -0.05) is 68.0 Å². The first-order chi connectivity index (χ1) is 18.6. The first kappa shape index (κ1) is 26.8. The highest BCUT2D eigenvalue weighted by molar-refractivity contribution is 5.79. The number of allylic oxidation sites excluding steroid dienone is 1. The summed E-state index contributed by atoms with van der Waals surface area (Å²) in [5, 5.41) is 21.3. The minimum absolute atomic E-state index is 0.0572. The number of Topliss-reactive ketones (excluding diaryl/α,β-unsaturated/α-hetero) is 1. The molecule has 3 fully saturated rings. The minimum Gasteiger partial charge on any atom is -0.508 e. The Hall–Kier alpha value is -2.43. The predicted octanol–water partition coefficient (Wildman–Crippen LogP) is 7.23. The fourth-order valence-corrected chi connectivity index (χ4v) is 9.46. The van der Waals surface area contributed by atoms with Gasteiger partial charge in [0.2, 0.25) is 0 Å². The fraction of sp³-hybridized carbons (Fsp3) is 0.571. The maximum Gasteiger partial charge on any atom is 0.169 e. The van der Waals surface area contributed by atoms with E-state index < -0.39 is 5.79 Å². The Morgan fingerprint density at radius 2 is 1.67 bits per heavy atom. The number of fused-ring (bicyclic) bond motifs is 5. The van der Waals surface area contributed by atoms with Gasteiger partial charge in [0.15, 0.2) is 5.79 Å². The molecule has 6 rings (SSSR count). The summed E-state index contributed by atoms with van der Waals surface area (Å²) in [5.74, 6) is 1.73. The lowest BCUT2D eigenvalue weighted by Crippen LogP contribution is -2.55. The molecule has 2 aromatic rings. The Labute approximate surface area is 233 Å². The third-order valence-corrected chi connectivity index (χ3v) is 11.5. The van der Waals surface area contributed by atoms with E-state index in [4.69, 9.17) is 4.74 Å². The van der Waals surface area contributed by atoms with Crippen molar-refractivity contribution in [2.24, 2.45) is 40.4 Å². The van der Waals surface area contributed by atoms with Crippen molar-refractivity contribution in [3.8, 4) is 5.75 Å². The van der Waals surface area contributed by atoms with Crippen LogP contribution in [0.5, 0.6) is 5.75 Å². The highest BCUT2D eigenvalue weighted by atomic mass is 16.6. The number of rotatable bonds is 6. The van der Waals surface area contributed by atoms with Crippen LogP contribution in [-0.4, -0.2) is 21.8 Å². The van der Waals surface area contributed by atoms with Gasteiger partial charge in [0.1, 0.15) is 11.5 Å². The minimum atomic E-state index is -1.18. The molecule has 0 amide bonds. The molecule has 208 valence electrons. The van der Waals surface area contributed by atoms with Gasteiger partial charge in [-0.25, -0.2) is 0 Å². The Morgan fingerprint density at radius 3 is 2.38 bits per heavy atom. The number of hydrogen-bond acceptors (Lipinski definition) is 4. The fourth-order valence-electron chi connectivity index (χ4n) is 9.46. The summed E-state index contributed by atoms with van der Waals surface area (Å²) in [6.07, 6.45) is 10.1. The standard InChI is InChI=1S/C35H44O4/c1-23(36)29-13-14-30-32-26(19-24-7-5-4-6-8-24)20-27-21-35(38,39-22-25-9-11-28(37)12-10-25)18-17-33(27,2)31(32)15-16-34(29,30)3/h4-12,20,26,29-32,37-38H,13-19,21-22H2,1-3H3/t26?,29-,30+,31+,32+,33+,34-,35?/m1/s1. The molecule has 39 heavy (non-hydrogen) atoms. The molecular formula is C35H44O4. The number of benzene rings is 2. The molecule has 2 aromatic carbocycles. The number of aliphatic hydroxyl groups is 1. The summed E-state index contributed by atoms with van der Waals surface area (Å²) >= 11 is 0. The number of carbonyl (C=O) groups excluding carboxylic acids is 1. The van der Waals surface area contributed by atoms with E-state index in [1.165, 1.54) is 11.1 Å². The van der Waals surface area contributed by atoms with Crippen LogP contribution in [-0.2, 0) is 22.6 Å². The maximum absolute atomic E-state index is 12.7. The molecule has 4 nitrogen and oxygen atoms in total. The van der Waals surface area contributed by atoms with E-state index in [1.54, 1.807) is 12.1 Å². The van der Waals surface area contributed by atoms with Gasteiger partial charge in [0, 0.05) is 18.8 Å². The van der Waals surface area contributed by atoms with Gasteiger partial charge < -0.3 is 14.9 Å². The third-order valence-electron chi connectivity index (χ3n) is 11.5. The van der Waals surface area contributed by atoms with Gasteiger partial charge in [-0.05, 0) is 103 Å². The van der Waals surface area contributed by atoms with Gasteiger partial charge >= 0.3 is 0 Å². The van der Waals surface area contributed by atoms with Crippen molar-refractivity contribution in [3.05, 3.63) is 77.4 Å². The van der Waals surface area contributed by atoms with Gasteiger partial charge in [0.25, 0.3) is 0 Å². The van der Waals surface area contributed by atoms with Crippen molar-refractivity contribution < 1.29 is 19.7 Å². The summed E-state index contributed by atoms with van der Waals surface area (Å²) in [4.78, 5) is 12.7. The topological polar surface area (TPSA) is 66.8 Å². The predicted molar refractivity (Wildman–Crippen MR) is 153 cm³/mol. The molecule has 2 unspecified atom stereocenters. The van der Waals surface area contributed by atoms with Gasteiger partial charge in [-0.3, -0.25) is 4.79 Å². The van der Waals surface area contributed by atoms with Crippen molar-refractivity contribution in [2.45, 2.75) is 84.5 Å². The highest BCUT2D eigenvalue weighted by Gasteiger charge is 2.62. The number of phenols is 1. The van der Waals surface area contributed by atoms with Crippen molar-refractivity contribution in [3.63, 3.8) is 0 Å². The molecule has 0 saturated heterocycles. The van der Waals surface area contributed by atoms with Crippen LogP contribution >= 0.6 is 0 Å². The molecular weight excluding hydrogens is 484 g/mol. The van der Waals surface area contributed by atoms with Crippen molar-refractivity contribution >= 4 is 5.78 Å². The van der Waals surface area contributed by atoms with Crippen LogP contribution in [0.2, 0.25) is 0 Å². The lowest BCUT2D eigenvalue weighted by molar-refractivity contribution is -0.232. The number of ether oxygens (including phenoxy) is 1. The van der Waals surface area contributed by atoms with Gasteiger partial charge in [-0.15, -0.1) is 0 Å². The molecule has 4 aliphatic carbocycles. The zero-order valence-corrected chi connectivity index (χ0v) is 23.7. The summed E-state index contributed by atoms with van der Waals surface area (Å²) in [7, 11) is 0. The van der Waals surface area contributed by atoms with Crippen LogP contribution in [0.1, 0.15) is 76.8 Å². The molecule has 4 aliphatic rings. The Bertz CT molecular complexity index is 1240. The van der Waals surface area contributed by atoms with E-state index in [2.05, 4.69) is 50.3 Å². The van der Waals surface area contributed by atoms with E-state index >= 15 is 0 Å². The van der Waals surface area contributed by atoms with E-state index in [1.807, 2.05) is 19.1 Å². The normalized spacial score (nSPS) is 39.3. The van der Waals surface area contributed by atoms with Crippen LogP contribution in [0, 0.1) is 40.4 Å². The molecule has 0 heterocycles. The smallest absolute Gasteiger partial charge is 0.169 e. The number of phenolic OH excluding ortho intramolecular Hbond substituents is 1. The second kappa shape index (κ2) is 9.89. The molecule has 0 aromatic heterocycles. The zero-order chi connectivity index (χ0) is 27.4. The van der Waals surface area contributed by atoms with E-state index in [-0.39, 0.29) is 22.5 Å². The molecule has 3 saturated carbocycles. The number of ketones is 1. The summed E-state index contributed by atoms with van der Waals surface area (Å²) in [6, 6.07) is 17.9. The maximum atomic E-state index is 12.7. The van der Waals surface area contributed by atoms with Gasteiger partial charge in [0.05, 0.1) is 6.61 Å². The Kier molecular flexibility index (Phi) is 6.79. The number of carbonyl (C=O) groups is 1. The molecule has 0 radical (unpaired) electrons. The van der Waals surface area contributed by atoms with E-state index in [9.17, 15) is 15.0 Å². The number of aromatic hydroxyl groups is 1. The van der Waals surface area contributed by atoms with E-state index in [0.29, 0.717) is 48.9 Å². The summed E-state index contributed by atoms with van der Waals surface area (Å²) < 4.78 is 6.20. The SMILES string of the molecule is CC(=O)[C@H]1CC[C@H]2[C@@H]3C(Cc4ccccc4)C=C4CC(O)(OCc5ccc(O)cc5)CC[C@]4(C)[C@H]3CC[C@]12C. The van der Waals surface area contributed by atoms with E-state index in [0.717, 1.165) is 44.1 Å². The Balaban J connectivity index is 1.32. The average molecular weight is 529 g/mol. The van der Waals surface area contributed by atoms with Crippen LogP contribution in [0.4, 0.5) is 0 Å². The first-order valence-electron chi connectivity index (χ1n) is 15.0. The lowest BCUT2D eigenvalue weighted by Gasteiger charge is -2.60. The van der Waals surface area contributed by atoms with Gasteiger partial charge in [-0.2, -0.15) is 0 Å². The number of hydrogen-bond donors (Lipinski definition) is 2. The quantitative estimate of drug-likeness (QED) is 0.306. The summed E-state index contributed by atoms with van der Waals surface area (Å²) in [6.45, 7) is 7.01. The second-order valence-electron chi connectivity index (χ2n) is 13.6. The lowest BCUT2D eigenvalue weighted by atomic mass is 9.44. The van der Waals surface area contributed by atoms with Crippen LogP contribution in [0.25, 0.3) is 0 Å². The molecule has 2 N–H and O–H groups in total. The molecule has 8 atom stereocenters. The summed E-state index contributed by atoms with van der Waals surface area (Å²) in [5.41, 5.74) is 3.84. The molecule has 4 heteroatoms. The Morgan fingerprint density at radius 1 is 0.923 bits per heavy atom. The second-order valence-corrected chi connectivity index (χ2v) is 13.6. The molecule has 0 spiro atoms. The van der Waals surface area contributed by atoms with Crippen molar-refractivity contribution in [2.75, 3.05) is 0 Å². The largest absolute Gasteiger partial charge is 0.508 e. The van der Waals surface area contributed by atoms with Crippen LogP contribution < -0.4 is 0 Å². The monoisotopic (exact) mass is 528 g/mol. The zero-order valence-electron chi connectivity index (χ0n) is 23.7. The average Bonchev–Trinajstić information content (AvgIpc) is 3.27. The molecule has 0 bridgehead atoms. The van der Waals surface area contributed by atoms with Crippen molar-refractivity contribution in [1.29, 1.82) is 0 Å². The molecule has 0 aliphatic heterocycles. The highest BCUT2D eigenvalue weighted by Crippen LogP contribution is 2.68. The third kappa shape index (κ3) is 4.68. The first-order valence-corrected chi connectivity index (χ1v) is 15.0.